The fourth-order valence-electron chi connectivity index (χ4n) is 1.77. The molecule has 3 aromatic rings. The van der Waals surface area contributed by atoms with Gasteiger partial charge >= 0.3 is 0 Å². The molecular weight excluding hydrogens is 334 g/mol. The van der Waals surface area contributed by atoms with Crippen molar-refractivity contribution in [1.82, 2.24) is 4.98 Å². The number of hydrogen-bond donors (Lipinski definition) is 1. The quantitative estimate of drug-likeness (QED) is 0.546. The first kappa shape index (κ1) is 13.3. The largest absolute Gasteiger partial charge is 0.253 e. The third kappa shape index (κ3) is 2.89. The summed E-state index contributed by atoms with van der Waals surface area (Å²) in [6.07, 6.45) is 1.79. The van der Waals surface area contributed by atoms with E-state index in [1.165, 1.54) is 5.56 Å². The number of aromatic nitrogens is 1. The summed E-state index contributed by atoms with van der Waals surface area (Å²) >= 11 is 5.11. The second-order valence-corrected chi connectivity index (χ2v) is 6.25. The molecule has 0 aliphatic carbocycles. The Kier molecular flexibility index (Phi) is 3.80. The minimum atomic E-state index is 0.800. The van der Waals surface area contributed by atoms with E-state index >= 15 is 0 Å². The van der Waals surface area contributed by atoms with Crippen LogP contribution in [0.15, 0.2) is 52.0 Å². The Morgan fingerprint density at radius 1 is 1.25 bits per heavy atom. The van der Waals surface area contributed by atoms with E-state index in [1.54, 1.807) is 17.6 Å². The standard InChI is InChI=1S/C15H12BrN3S/c1-10-6-7-11(8-12(10)16)9-17-19-15-18-13-4-2-3-5-14(13)20-15/h2-9H,1H3,(H,18,19). The maximum absolute atomic E-state index is 4.46. The molecule has 0 bridgehead atoms. The van der Waals surface area contributed by atoms with Crippen LogP contribution < -0.4 is 5.43 Å². The van der Waals surface area contributed by atoms with Gasteiger partial charge in [-0.15, -0.1) is 0 Å². The highest BCUT2D eigenvalue weighted by atomic mass is 79.9. The summed E-state index contributed by atoms with van der Waals surface area (Å²) in [5.74, 6) is 0. The molecule has 2 aromatic carbocycles. The van der Waals surface area contributed by atoms with E-state index in [9.17, 15) is 0 Å². The summed E-state index contributed by atoms with van der Waals surface area (Å²) in [4.78, 5) is 4.46. The zero-order valence-electron chi connectivity index (χ0n) is 10.8. The molecule has 1 N–H and O–H groups in total. The van der Waals surface area contributed by atoms with Crippen LogP contribution in [-0.2, 0) is 0 Å². The van der Waals surface area contributed by atoms with E-state index in [4.69, 9.17) is 0 Å². The van der Waals surface area contributed by atoms with E-state index < -0.39 is 0 Å². The van der Waals surface area contributed by atoms with Gasteiger partial charge in [-0.05, 0) is 36.2 Å². The third-order valence-corrected chi connectivity index (χ3v) is 4.66. The van der Waals surface area contributed by atoms with Crippen molar-refractivity contribution in [2.45, 2.75) is 6.92 Å². The molecule has 0 atom stereocenters. The Labute approximate surface area is 129 Å². The predicted molar refractivity (Wildman–Crippen MR) is 89.7 cm³/mol. The summed E-state index contributed by atoms with van der Waals surface area (Å²) in [6, 6.07) is 14.2. The van der Waals surface area contributed by atoms with Crippen LogP contribution in [0.25, 0.3) is 10.2 Å². The summed E-state index contributed by atoms with van der Waals surface area (Å²) in [7, 11) is 0. The molecule has 3 nitrogen and oxygen atoms in total. The van der Waals surface area contributed by atoms with Crippen LogP contribution in [0.5, 0.6) is 0 Å². The van der Waals surface area contributed by atoms with Crippen LogP contribution in [0.1, 0.15) is 11.1 Å². The summed E-state index contributed by atoms with van der Waals surface area (Å²) in [5, 5.41) is 5.03. The highest BCUT2D eigenvalue weighted by Crippen LogP contribution is 2.25. The number of rotatable bonds is 3. The average molecular weight is 346 g/mol. The van der Waals surface area contributed by atoms with Crippen LogP contribution in [0.2, 0.25) is 0 Å². The first-order valence-electron chi connectivity index (χ1n) is 6.13. The first-order chi connectivity index (χ1) is 9.72. The van der Waals surface area contributed by atoms with Crippen molar-refractivity contribution in [2.24, 2.45) is 5.10 Å². The molecule has 5 heteroatoms. The molecule has 3 rings (SSSR count). The van der Waals surface area contributed by atoms with Crippen molar-refractivity contribution in [2.75, 3.05) is 5.43 Å². The fourth-order valence-corrected chi connectivity index (χ4v) is 2.98. The number of aryl methyl sites for hydroxylation is 1. The van der Waals surface area contributed by atoms with Gasteiger partial charge in [0.25, 0.3) is 0 Å². The minimum Gasteiger partial charge on any atom is -0.253 e. The Hall–Kier alpha value is -1.72. The van der Waals surface area contributed by atoms with Crippen LogP contribution in [0.3, 0.4) is 0 Å². The van der Waals surface area contributed by atoms with Crippen molar-refractivity contribution in [3.05, 3.63) is 58.1 Å². The topological polar surface area (TPSA) is 37.3 Å². The van der Waals surface area contributed by atoms with Crippen molar-refractivity contribution in [3.8, 4) is 0 Å². The van der Waals surface area contributed by atoms with Crippen molar-refractivity contribution >= 4 is 48.8 Å². The first-order valence-corrected chi connectivity index (χ1v) is 7.74. The molecular formula is C15H12BrN3S. The molecule has 0 saturated carbocycles. The lowest BCUT2D eigenvalue weighted by atomic mass is 10.2. The maximum atomic E-state index is 4.46. The van der Waals surface area contributed by atoms with Crippen LogP contribution >= 0.6 is 27.3 Å². The Bertz CT molecular complexity index is 747. The Balaban J connectivity index is 1.75. The van der Waals surface area contributed by atoms with Crippen molar-refractivity contribution in [1.29, 1.82) is 0 Å². The van der Waals surface area contributed by atoms with Gasteiger partial charge in [0, 0.05) is 4.47 Å². The SMILES string of the molecule is Cc1ccc(C=NNc2nc3ccccc3s2)cc1Br. The highest BCUT2D eigenvalue weighted by Gasteiger charge is 2.01. The van der Waals surface area contributed by atoms with Gasteiger partial charge in [0.05, 0.1) is 16.4 Å². The molecule has 100 valence electrons. The monoisotopic (exact) mass is 345 g/mol. The lowest BCUT2D eigenvalue weighted by Gasteiger charge is -1.99. The molecule has 0 aliphatic rings. The zero-order valence-corrected chi connectivity index (χ0v) is 13.2. The van der Waals surface area contributed by atoms with Gasteiger partial charge in [0.15, 0.2) is 0 Å². The van der Waals surface area contributed by atoms with E-state index in [0.29, 0.717) is 0 Å². The normalized spacial score (nSPS) is 11.3. The number of benzene rings is 2. The third-order valence-electron chi connectivity index (χ3n) is 2.86. The van der Waals surface area contributed by atoms with Gasteiger partial charge in [-0.2, -0.15) is 5.10 Å². The lowest BCUT2D eigenvalue weighted by Crippen LogP contribution is -1.90. The molecule has 0 spiro atoms. The van der Waals surface area contributed by atoms with Crippen LogP contribution in [-0.4, -0.2) is 11.2 Å². The number of hydrogen-bond acceptors (Lipinski definition) is 4. The van der Waals surface area contributed by atoms with E-state index in [0.717, 1.165) is 25.4 Å². The molecule has 0 aliphatic heterocycles. The number of nitrogens with one attached hydrogen (secondary N) is 1. The van der Waals surface area contributed by atoms with Crippen LogP contribution in [0.4, 0.5) is 5.13 Å². The second kappa shape index (κ2) is 5.73. The molecule has 0 saturated heterocycles. The summed E-state index contributed by atoms with van der Waals surface area (Å²) < 4.78 is 2.24. The number of halogens is 1. The van der Waals surface area contributed by atoms with Crippen LogP contribution in [0, 0.1) is 6.92 Å². The number of thiazole rings is 1. The predicted octanol–water partition coefficient (Wildman–Crippen LogP) is 4.81. The van der Waals surface area contributed by atoms with Crippen molar-refractivity contribution < 1.29 is 0 Å². The highest BCUT2D eigenvalue weighted by molar-refractivity contribution is 9.10. The maximum Gasteiger partial charge on any atom is 0.204 e. The van der Waals surface area contributed by atoms with Gasteiger partial charge in [-0.3, -0.25) is 5.43 Å². The molecule has 20 heavy (non-hydrogen) atoms. The van der Waals surface area contributed by atoms with Gasteiger partial charge in [0.1, 0.15) is 0 Å². The van der Waals surface area contributed by atoms with E-state index in [-0.39, 0.29) is 0 Å². The molecule has 0 unspecified atom stereocenters. The van der Waals surface area contributed by atoms with Gasteiger partial charge < -0.3 is 0 Å². The van der Waals surface area contributed by atoms with E-state index in [2.05, 4.69) is 50.5 Å². The number of anilines is 1. The van der Waals surface area contributed by atoms with Gasteiger partial charge in [0.2, 0.25) is 5.13 Å². The molecule has 0 fully saturated rings. The number of para-hydroxylation sites is 1. The smallest absolute Gasteiger partial charge is 0.204 e. The summed E-state index contributed by atoms with van der Waals surface area (Å²) in [6.45, 7) is 2.06. The number of hydrazone groups is 1. The van der Waals surface area contributed by atoms with Gasteiger partial charge in [-0.25, -0.2) is 4.98 Å². The molecule has 0 radical (unpaired) electrons. The molecule has 1 heterocycles. The average Bonchev–Trinajstić information content (AvgIpc) is 2.85. The number of fused-ring (bicyclic) bond motifs is 1. The molecule has 1 aromatic heterocycles. The minimum absolute atomic E-state index is 0.800. The molecule has 0 amide bonds. The Morgan fingerprint density at radius 2 is 2.10 bits per heavy atom. The lowest BCUT2D eigenvalue weighted by molar-refractivity contribution is 1.31. The fraction of sp³-hybridized carbons (Fsp3) is 0.0667. The van der Waals surface area contributed by atoms with Crippen molar-refractivity contribution in [3.63, 3.8) is 0 Å². The Morgan fingerprint density at radius 3 is 2.90 bits per heavy atom. The second-order valence-electron chi connectivity index (χ2n) is 4.37. The number of nitrogens with zero attached hydrogens (tertiary/aromatic N) is 2. The summed E-state index contributed by atoms with van der Waals surface area (Å²) in [5.41, 5.74) is 6.22. The van der Waals surface area contributed by atoms with Gasteiger partial charge in [-0.1, -0.05) is 51.5 Å². The zero-order chi connectivity index (χ0) is 13.9. The van der Waals surface area contributed by atoms with E-state index in [1.807, 2.05) is 30.3 Å².